The molecule has 8 heteroatoms. The summed E-state index contributed by atoms with van der Waals surface area (Å²) in [5, 5.41) is 25.0. The molecule has 3 aromatic rings. The van der Waals surface area contributed by atoms with Gasteiger partial charge in [-0.05, 0) is 47.2 Å². The third-order valence-corrected chi connectivity index (χ3v) is 3.62. The summed E-state index contributed by atoms with van der Waals surface area (Å²) < 4.78 is 1.33. The summed E-state index contributed by atoms with van der Waals surface area (Å²) in [5.74, 6) is -0.936. The van der Waals surface area contributed by atoms with Crippen molar-refractivity contribution in [1.82, 2.24) is 25.3 Å². The van der Waals surface area contributed by atoms with Crippen LogP contribution < -0.4 is 0 Å². The molecule has 0 amide bonds. The lowest BCUT2D eigenvalue weighted by Crippen LogP contribution is -2.00. The van der Waals surface area contributed by atoms with E-state index in [1.165, 1.54) is 16.4 Å². The van der Waals surface area contributed by atoms with Gasteiger partial charge in [-0.3, -0.25) is 0 Å². The Morgan fingerprint density at radius 1 is 1.30 bits per heavy atom. The topological polar surface area (TPSA) is 93.3 Å². The van der Waals surface area contributed by atoms with E-state index in [4.69, 9.17) is 5.11 Å². The molecule has 0 unspecified atom stereocenters. The highest BCUT2D eigenvalue weighted by molar-refractivity contribution is 7.99. The molecule has 0 atom stereocenters. The molecule has 2 aromatic heterocycles. The molecule has 3 rings (SSSR count). The second-order valence-electron chi connectivity index (χ2n) is 4.08. The molecule has 0 spiro atoms. The number of aromatic nitrogens is 5. The number of hydrogen-bond acceptors (Lipinski definition) is 6. The van der Waals surface area contributed by atoms with E-state index in [1.54, 1.807) is 31.2 Å². The van der Waals surface area contributed by atoms with Crippen molar-refractivity contribution in [2.24, 2.45) is 0 Å². The summed E-state index contributed by atoms with van der Waals surface area (Å²) in [7, 11) is 0. The van der Waals surface area contributed by atoms with Crippen molar-refractivity contribution in [3.63, 3.8) is 0 Å². The van der Waals surface area contributed by atoms with E-state index in [2.05, 4.69) is 20.6 Å². The van der Waals surface area contributed by atoms with Gasteiger partial charge in [-0.1, -0.05) is 17.8 Å². The van der Waals surface area contributed by atoms with Gasteiger partial charge in [-0.15, -0.1) is 14.8 Å². The van der Waals surface area contributed by atoms with E-state index in [9.17, 15) is 4.79 Å². The summed E-state index contributed by atoms with van der Waals surface area (Å²) in [6.07, 6.45) is 0. The first-order valence-electron chi connectivity index (χ1n) is 5.71. The summed E-state index contributed by atoms with van der Waals surface area (Å²) in [6.45, 7) is 1.77. The minimum Gasteiger partial charge on any atom is -0.478 e. The number of aromatic carboxylic acids is 1. The van der Waals surface area contributed by atoms with E-state index < -0.39 is 5.97 Å². The Hall–Kier alpha value is -2.48. The predicted octanol–water partition coefficient (Wildman–Crippen LogP) is 1.68. The normalized spacial score (nSPS) is 10.8. The number of fused-ring (bicyclic) bond motifs is 1. The average molecular weight is 287 g/mol. The van der Waals surface area contributed by atoms with Crippen LogP contribution in [0.4, 0.5) is 0 Å². The smallest absolute Gasteiger partial charge is 0.335 e. The molecule has 0 radical (unpaired) electrons. The Labute approximate surface area is 117 Å². The molecular weight excluding hydrogens is 278 g/mol. The van der Waals surface area contributed by atoms with Gasteiger partial charge in [0.05, 0.1) is 5.56 Å². The Bertz CT molecular complexity index is 801. The zero-order valence-corrected chi connectivity index (χ0v) is 11.2. The summed E-state index contributed by atoms with van der Waals surface area (Å²) >= 11 is 1.36. The van der Waals surface area contributed by atoms with Gasteiger partial charge < -0.3 is 5.11 Å². The Kier molecular flexibility index (Phi) is 3.07. The van der Waals surface area contributed by atoms with E-state index in [1.807, 2.05) is 6.07 Å². The first-order chi connectivity index (χ1) is 9.63. The molecule has 0 aliphatic rings. The number of nitrogens with zero attached hydrogens (tertiary/aromatic N) is 5. The maximum atomic E-state index is 11.1. The lowest BCUT2D eigenvalue weighted by atomic mass is 10.1. The van der Waals surface area contributed by atoms with E-state index in [-0.39, 0.29) is 0 Å². The minimum atomic E-state index is -0.936. The molecule has 0 fully saturated rings. The molecule has 0 aliphatic carbocycles. The van der Waals surface area contributed by atoms with Crippen molar-refractivity contribution in [1.29, 1.82) is 0 Å². The first kappa shape index (κ1) is 12.5. The molecule has 20 heavy (non-hydrogen) atoms. The van der Waals surface area contributed by atoms with E-state index in [0.29, 0.717) is 16.2 Å². The predicted molar refractivity (Wildman–Crippen MR) is 70.8 cm³/mol. The summed E-state index contributed by atoms with van der Waals surface area (Å²) in [4.78, 5) is 11.9. The highest BCUT2D eigenvalue weighted by Crippen LogP contribution is 2.27. The third kappa shape index (κ3) is 2.32. The van der Waals surface area contributed by atoms with Gasteiger partial charge in [0.25, 0.3) is 0 Å². The summed E-state index contributed by atoms with van der Waals surface area (Å²) in [5.41, 5.74) is 1.58. The zero-order chi connectivity index (χ0) is 14.1. The number of benzene rings is 1. The number of hydrogen-bond donors (Lipinski definition) is 1. The Morgan fingerprint density at radius 3 is 2.95 bits per heavy atom. The fourth-order valence-electron chi connectivity index (χ4n) is 1.70. The Morgan fingerprint density at radius 2 is 2.15 bits per heavy atom. The molecule has 2 heterocycles. The third-order valence-electron chi connectivity index (χ3n) is 2.71. The highest BCUT2D eigenvalue weighted by atomic mass is 32.2. The standard InChI is InChI=1S/C12H9N5O2S/c1-7-2-3-8(6-9(7)12(18)19)20-11-5-4-10-13-15-16-17(10)14-11/h2-6H,1H3,(H,18,19). The molecule has 0 saturated heterocycles. The van der Waals surface area contributed by atoms with Crippen LogP contribution in [0.3, 0.4) is 0 Å². The van der Waals surface area contributed by atoms with Gasteiger partial charge in [0.2, 0.25) is 0 Å². The molecule has 0 bridgehead atoms. The van der Waals surface area contributed by atoms with Crippen LogP contribution in [-0.2, 0) is 0 Å². The molecule has 7 nitrogen and oxygen atoms in total. The van der Waals surface area contributed by atoms with Crippen molar-refractivity contribution in [3.05, 3.63) is 41.5 Å². The monoisotopic (exact) mass is 287 g/mol. The van der Waals surface area contributed by atoms with Crippen LogP contribution in [0.25, 0.3) is 5.65 Å². The number of aryl methyl sites for hydroxylation is 1. The zero-order valence-electron chi connectivity index (χ0n) is 10.4. The van der Waals surface area contributed by atoms with Crippen molar-refractivity contribution in [3.8, 4) is 0 Å². The lowest BCUT2D eigenvalue weighted by molar-refractivity contribution is 0.0696. The molecule has 1 aromatic carbocycles. The van der Waals surface area contributed by atoms with Crippen molar-refractivity contribution < 1.29 is 9.90 Å². The summed E-state index contributed by atoms with van der Waals surface area (Å²) in [6, 6.07) is 8.81. The van der Waals surface area contributed by atoms with Gasteiger partial charge in [0, 0.05) is 4.90 Å². The number of carboxylic acid groups (broad SMARTS) is 1. The quantitative estimate of drug-likeness (QED) is 0.783. The number of rotatable bonds is 3. The maximum absolute atomic E-state index is 11.1. The van der Waals surface area contributed by atoms with Crippen LogP contribution in [0.1, 0.15) is 15.9 Å². The molecule has 0 saturated carbocycles. The van der Waals surface area contributed by atoms with E-state index in [0.717, 1.165) is 10.5 Å². The van der Waals surface area contributed by atoms with E-state index >= 15 is 0 Å². The number of tetrazole rings is 1. The van der Waals surface area contributed by atoms with Crippen LogP contribution in [0, 0.1) is 6.92 Å². The average Bonchev–Trinajstić information content (AvgIpc) is 2.88. The van der Waals surface area contributed by atoms with Crippen molar-refractivity contribution in [2.75, 3.05) is 0 Å². The van der Waals surface area contributed by atoms with Crippen LogP contribution >= 0.6 is 11.8 Å². The van der Waals surface area contributed by atoms with Gasteiger partial charge >= 0.3 is 5.97 Å². The first-order valence-corrected chi connectivity index (χ1v) is 6.52. The van der Waals surface area contributed by atoms with Crippen molar-refractivity contribution in [2.45, 2.75) is 16.8 Å². The largest absolute Gasteiger partial charge is 0.478 e. The van der Waals surface area contributed by atoms with Crippen molar-refractivity contribution >= 4 is 23.4 Å². The molecule has 1 N–H and O–H groups in total. The second kappa shape index (κ2) is 4.89. The number of carbonyl (C=O) groups is 1. The van der Waals surface area contributed by atoms with Gasteiger partial charge in [0.1, 0.15) is 5.03 Å². The van der Waals surface area contributed by atoms with Crippen LogP contribution in [0.5, 0.6) is 0 Å². The molecule has 0 aliphatic heterocycles. The van der Waals surface area contributed by atoms with Gasteiger partial charge in [-0.2, -0.15) is 0 Å². The second-order valence-corrected chi connectivity index (χ2v) is 5.18. The minimum absolute atomic E-state index is 0.290. The van der Waals surface area contributed by atoms with Crippen LogP contribution in [-0.4, -0.2) is 36.3 Å². The van der Waals surface area contributed by atoms with Crippen LogP contribution in [0.2, 0.25) is 0 Å². The fourth-order valence-corrected chi connectivity index (χ4v) is 2.51. The molecular formula is C12H9N5O2S. The maximum Gasteiger partial charge on any atom is 0.335 e. The van der Waals surface area contributed by atoms with Gasteiger partial charge in [-0.25, -0.2) is 4.79 Å². The molecule has 100 valence electrons. The Balaban J connectivity index is 1.94. The van der Waals surface area contributed by atoms with Gasteiger partial charge in [0.15, 0.2) is 5.65 Å². The fraction of sp³-hybridized carbons (Fsp3) is 0.0833. The SMILES string of the molecule is Cc1ccc(Sc2ccc3nnnn3n2)cc1C(=O)O. The highest BCUT2D eigenvalue weighted by Gasteiger charge is 2.09. The lowest BCUT2D eigenvalue weighted by Gasteiger charge is -2.04. The van der Waals surface area contributed by atoms with Crippen LogP contribution in [0.15, 0.2) is 40.3 Å². The number of carboxylic acids is 1.